The van der Waals surface area contributed by atoms with Crippen LogP contribution in [0, 0.1) is 6.92 Å². The number of carbonyl (C=O) groups is 1. The van der Waals surface area contributed by atoms with E-state index in [0.717, 1.165) is 5.16 Å². The lowest BCUT2D eigenvalue weighted by Crippen LogP contribution is -2.25. The van der Waals surface area contributed by atoms with Crippen LogP contribution in [0.1, 0.15) is 19.1 Å². The molecule has 0 aromatic carbocycles. The second kappa shape index (κ2) is 5.92. The maximum Gasteiger partial charge on any atom is 0.239 e. The molecule has 2 aromatic rings. The van der Waals surface area contributed by atoms with Crippen LogP contribution in [0.4, 0.5) is 5.82 Å². The number of aryl methyl sites for hydroxylation is 2. The zero-order valence-corrected chi connectivity index (χ0v) is 11.9. The highest BCUT2D eigenvalue weighted by molar-refractivity contribution is 8.00. The van der Waals surface area contributed by atoms with E-state index in [1.165, 1.54) is 11.8 Å². The van der Waals surface area contributed by atoms with Crippen LogP contribution >= 0.6 is 11.8 Å². The monoisotopic (exact) mass is 280 g/mol. The van der Waals surface area contributed by atoms with Crippen molar-refractivity contribution in [2.75, 3.05) is 5.32 Å². The van der Waals surface area contributed by atoms with Crippen molar-refractivity contribution in [3.63, 3.8) is 0 Å². The van der Waals surface area contributed by atoms with E-state index in [0.29, 0.717) is 18.0 Å². The van der Waals surface area contributed by atoms with Gasteiger partial charge in [-0.05, 0) is 13.3 Å². The summed E-state index contributed by atoms with van der Waals surface area (Å²) in [5.74, 6) is 1.02. The molecule has 0 aliphatic carbocycles. The number of anilines is 1. The summed E-state index contributed by atoms with van der Waals surface area (Å²) >= 11 is 1.44. The van der Waals surface area contributed by atoms with Gasteiger partial charge in [0.2, 0.25) is 5.91 Å². The average molecular weight is 280 g/mol. The fraction of sp³-hybridized carbons (Fsp3) is 0.417. The number of hydrogen-bond donors (Lipinski definition) is 1. The van der Waals surface area contributed by atoms with Crippen LogP contribution in [0.25, 0.3) is 0 Å². The quantitative estimate of drug-likeness (QED) is 0.850. The van der Waals surface area contributed by atoms with Crippen LogP contribution < -0.4 is 5.32 Å². The molecule has 0 fully saturated rings. The van der Waals surface area contributed by atoms with Crippen molar-refractivity contribution >= 4 is 23.5 Å². The molecular weight excluding hydrogens is 264 g/mol. The number of aromatic nitrogens is 3. The molecule has 1 amide bonds. The Morgan fingerprint density at radius 1 is 1.63 bits per heavy atom. The Morgan fingerprint density at radius 2 is 2.42 bits per heavy atom. The highest BCUT2D eigenvalue weighted by Crippen LogP contribution is 2.24. The highest BCUT2D eigenvalue weighted by atomic mass is 32.2. The molecule has 19 heavy (non-hydrogen) atoms. The number of hydrogen-bond acceptors (Lipinski definition) is 5. The van der Waals surface area contributed by atoms with Crippen molar-refractivity contribution in [2.24, 2.45) is 7.05 Å². The molecule has 7 heteroatoms. The third-order valence-electron chi connectivity index (χ3n) is 2.57. The minimum atomic E-state index is -0.210. The van der Waals surface area contributed by atoms with Crippen LogP contribution in [0.3, 0.4) is 0 Å². The van der Waals surface area contributed by atoms with E-state index in [1.807, 2.05) is 24.7 Å². The third kappa shape index (κ3) is 3.37. The van der Waals surface area contributed by atoms with E-state index in [2.05, 4.69) is 15.5 Å². The maximum atomic E-state index is 12.1. The first-order chi connectivity index (χ1) is 9.10. The van der Waals surface area contributed by atoms with Crippen molar-refractivity contribution < 1.29 is 9.32 Å². The summed E-state index contributed by atoms with van der Waals surface area (Å²) in [6.45, 7) is 3.75. The smallest absolute Gasteiger partial charge is 0.239 e. The Bertz CT molecular complexity index is 564. The number of carbonyl (C=O) groups excluding carboxylic acids is 1. The molecule has 0 radical (unpaired) electrons. The summed E-state index contributed by atoms with van der Waals surface area (Å²) in [5, 5.41) is 7.10. The molecular formula is C12H16N4O2S. The number of amides is 1. The van der Waals surface area contributed by atoms with Crippen molar-refractivity contribution in [3.8, 4) is 0 Å². The summed E-state index contributed by atoms with van der Waals surface area (Å²) in [4.78, 5) is 16.3. The van der Waals surface area contributed by atoms with Crippen molar-refractivity contribution in [1.82, 2.24) is 14.7 Å². The standard InChI is InChI=1S/C12H16N4O2S/c1-4-9(19-12-13-5-6-16(12)3)11(17)14-10-7-8(2)18-15-10/h5-7,9H,4H2,1-3H3,(H,14,15,17). The second-order valence-electron chi connectivity index (χ2n) is 4.15. The fourth-order valence-electron chi connectivity index (χ4n) is 1.55. The predicted octanol–water partition coefficient (Wildman–Crippen LogP) is 2.23. The highest BCUT2D eigenvalue weighted by Gasteiger charge is 2.20. The molecule has 0 bridgehead atoms. The number of rotatable bonds is 5. The molecule has 0 aliphatic rings. The molecule has 102 valence electrons. The SMILES string of the molecule is CCC(Sc1nccn1C)C(=O)Nc1cc(C)on1. The summed E-state index contributed by atoms with van der Waals surface area (Å²) < 4.78 is 6.81. The minimum absolute atomic E-state index is 0.0937. The second-order valence-corrected chi connectivity index (χ2v) is 5.32. The fourth-order valence-corrected chi connectivity index (χ4v) is 2.48. The maximum absolute atomic E-state index is 12.1. The van der Waals surface area contributed by atoms with Gasteiger partial charge in [0, 0.05) is 25.5 Å². The van der Waals surface area contributed by atoms with Crippen LogP contribution in [-0.2, 0) is 11.8 Å². The molecule has 0 aliphatic heterocycles. The van der Waals surface area contributed by atoms with Gasteiger partial charge < -0.3 is 14.4 Å². The summed E-state index contributed by atoms with van der Waals surface area (Å²) in [6.07, 6.45) is 4.28. The predicted molar refractivity (Wildman–Crippen MR) is 73.0 cm³/mol. The lowest BCUT2D eigenvalue weighted by molar-refractivity contribution is -0.115. The number of nitrogens with one attached hydrogen (secondary N) is 1. The molecule has 0 spiro atoms. The molecule has 0 saturated heterocycles. The van der Waals surface area contributed by atoms with Crippen molar-refractivity contribution in [2.45, 2.75) is 30.7 Å². The van der Waals surface area contributed by atoms with E-state index >= 15 is 0 Å². The van der Waals surface area contributed by atoms with Crippen LogP contribution in [0.15, 0.2) is 28.1 Å². The van der Waals surface area contributed by atoms with Crippen LogP contribution in [0.5, 0.6) is 0 Å². The summed E-state index contributed by atoms with van der Waals surface area (Å²) in [7, 11) is 1.90. The van der Waals surface area contributed by atoms with Gasteiger partial charge in [-0.25, -0.2) is 4.98 Å². The van der Waals surface area contributed by atoms with Gasteiger partial charge in [-0.3, -0.25) is 4.79 Å². The first-order valence-corrected chi connectivity index (χ1v) is 6.86. The van der Waals surface area contributed by atoms with Gasteiger partial charge in [-0.1, -0.05) is 23.8 Å². The van der Waals surface area contributed by atoms with Crippen LogP contribution in [-0.4, -0.2) is 25.9 Å². The van der Waals surface area contributed by atoms with Gasteiger partial charge >= 0.3 is 0 Å². The molecule has 2 aromatic heterocycles. The Kier molecular flexibility index (Phi) is 4.26. The third-order valence-corrected chi connectivity index (χ3v) is 4.00. The van der Waals surface area contributed by atoms with E-state index in [4.69, 9.17) is 4.52 Å². The Hall–Kier alpha value is -1.76. The number of nitrogens with zero attached hydrogens (tertiary/aromatic N) is 3. The molecule has 2 heterocycles. The van der Waals surface area contributed by atoms with Gasteiger partial charge in [0.05, 0.1) is 5.25 Å². The Labute approximate surface area is 115 Å². The number of thioether (sulfide) groups is 1. The first-order valence-electron chi connectivity index (χ1n) is 5.98. The molecule has 0 saturated carbocycles. The molecule has 1 unspecified atom stereocenters. The lowest BCUT2D eigenvalue weighted by atomic mass is 10.3. The van der Waals surface area contributed by atoms with Gasteiger partial charge in [-0.2, -0.15) is 0 Å². The van der Waals surface area contributed by atoms with Crippen molar-refractivity contribution in [3.05, 3.63) is 24.2 Å². The largest absolute Gasteiger partial charge is 0.360 e. The topological polar surface area (TPSA) is 73.0 Å². The lowest BCUT2D eigenvalue weighted by Gasteiger charge is -2.12. The zero-order valence-electron chi connectivity index (χ0n) is 11.1. The first kappa shape index (κ1) is 13.7. The molecule has 1 atom stereocenters. The molecule has 2 rings (SSSR count). The Morgan fingerprint density at radius 3 is 2.95 bits per heavy atom. The van der Waals surface area contributed by atoms with Gasteiger partial charge in [0.1, 0.15) is 5.76 Å². The van der Waals surface area contributed by atoms with E-state index in [9.17, 15) is 4.79 Å². The normalized spacial score (nSPS) is 12.4. The van der Waals surface area contributed by atoms with Crippen molar-refractivity contribution in [1.29, 1.82) is 0 Å². The van der Waals surface area contributed by atoms with Gasteiger partial charge in [0.25, 0.3) is 0 Å². The number of imidazole rings is 1. The zero-order chi connectivity index (χ0) is 13.8. The average Bonchev–Trinajstić information content (AvgIpc) is 2.95. The molecule has 6 nitrogen and oxygen atoms in total. The minimum Gasteiger partial charge on any atom is -0.360 e. The Balaban J connectivity index is 2.01. The van der Waals surface area contributed by atoms with Gasteiger partial charge in [-0.15, -0.1) is 0 Å². The van der Waals surface area contributed by atoms with E-state index in [-0.39, 0.29) is 11.2 Å². The van der Waals surface area contributed by atoms with Gasteiger partial charge in [0.15, 0.2) is 11.0 Å². The summed E-state index contributed by atoms with van der Waals surface area (Å²) in [6, 6.07) is 1.69. The van der Waals surface area contributed by atoms with E-state index in [1.54, 1.807) is 19.2 Å². The van der Waals surface area contributed by atoms with E-state index < -0.39 is 0 Å². The summed E-state index contributed by atoms with van der Waals surface area (Å²) in [5.41, 5.74) is 0. The molecule has 1 N–H and O–H groups in total. The van der Waals surface area contributed by atoms with Crippen LogP contribution in [0.2, 0.25) is 0 Å².